The molecule has 0 amide bonds. The van der Waals surface area contributed by atoms with Crippen molar-refractivity contribution in [2.24, 2.45) is 9.98 Å². The highest BCUT2D eigenvalue weighted by molar-refractivity contribution is 6.35. The second kappa shape index (κ2) is 7.69. The van der Waals surface area contributed by atoms with E-state index in [9.17, 15) is 10.2 Å². The molecule has 6 heteroatoms. The van der Waals surface area contributed by atoms with Gasteiger partial charge >= 0.3 is 0 Å². The van der Waals surface area contributed by atoms with Crippen LogP contribution in [0.25, 0.3) is 22.3 Å². The molecule has 172 valence electrons. The molecular weight excluding hydrogens is 491 g/mol. The van der Waals surface area contributed by atoms with Crippen molar-refractivity contribution in [1.82, 2.24) is 0 Å². The Morgan fingerprint density at radius 1 is 0.500 bits per heavy atom. The molecule has 0 fully saturated rings. The number of phenolic OH excluding ortho intramolecular Hbond substituents is 2. The van der Waals surface area contributed by atoms with Crippen molar-refractivity contribution in [3.63, 3.8) is 0 Å². The van der Waals surface area contributed by atoms with Crippen LogP contribution in [-0.2, 0) is 0 Å². The predicted octanol–water partition coefficient (Wildman–Crippen LogP) is 6.84. The van der Waals surface area contributed by atoms with Gasteiger partial charge in [0.15, 0.2) is 0 Å². The zero-order valence-corrected chi connectivity index (χ0v) is 20.1. The Morgan fingerprint density at radius 3 is 1.36 bits per heavy atom. The van der Waals surface area contributed by atoms with Gasteiger partial charge in [-0.25, -0.2) is 9.98 Å². The molecule has 5 aromatic rings. The lowest BCUT2D eigenvalue weighted by Gasteiger charge is -2.07. The van der Waals surface area contributed by atoms with Crippen molar-refractivity contribution in [3.05, 3.63) is 127 Å². The molecule has 0 saturated carbocycles. The molecular formula is C30H16Cl2N2O2. The van der Waals surface area contributed by atoms with Crippen LogP contribution in [0.5, 0.6) is 11.5 Å². The summed E-state index contributed by atoms with van der Waals surface area (Å²) in [7, 11) is 0. The highest BCUT2D eigenvalue weighted by Gasteiger charge is 2.18. The molecule has 5 aromatic carbocycles. The van der Waals surface area contributed by atoms with Crippen LogP contribution >= 0.6 is 23.2 Å². The molecule has 0 spiro atoms. The molecule has 0 saturated heterocycles. The molecule has 2 aliphatic heterocycles. The minimum atomic E-state index is -0.191. The SMILES string of the molecule is Oc1c(Cl)c(=c2ccc3c(c2)-c2ccccc2N=3)c(O)c(Cl)c1=c1ccc2c(c1)-c1ccccc1N=2. The van der Waals surface area contributed by atoms with Crippen molar-refractivity contribution in [2.75, 3.05) is 0 Å². The number of hydrogen-bond acceptors (Lipinski definition) is 4. The summed E-state index contributed by atoms with van der Waals surface area (Å²) < 4.78 is 0. The molecule has 36 heavy (non-hydrogen) atoms. The van der Waals surface area contributed by atoms with Crippen molar-refractivity contribution in [1.29, 1.82) is 0 Å². The molecule has 0 unspecified atom stereocenters. The van der Waals surface area contributed by atoms with E-state index in [1.54, 1.807) is 0 Å². The first-order valence-corrected chi connectivity index (χ1v) is 12.1. The second-order valence-corrected chi connectivity index (χ2v) is 9.55. The first-order chi connectivity index (χ1) is 17.5. The summed E-state index contributed by atoms with van der Waals surface area (Å²) in [6, 6.07) is 26.9. The minimum absolute atomic E-state index is 0.0284. The first-order valence-electron chi connectivity index (χ1n) is 11.4. The van der Waals surface area contributed by atoms with Gasteiger partial charge in [0.05, 0.1) is 32.1 Å². The number of aromatic hydroxyl groups is 2. The average Bonchev–Trinajstić information content (AvgIpc) is 3.46. The summed E-state index contributed by atoms with van der Waals surface area (Å²) >= 11 is 13.4. The van der Waals surface area contributed by atoms with Gasteiger partial charge < -0.3 is 10.2 Å². The van der Waals surface area contributed by atoms with Gasteiger partial charge in [0.1, 0.15) is 11.5 Å². The average molecular weight is 507 g/mol. The van der Waals surface area contributed by atoms with Gasteiger partial charge in [0.25, 0.3) is 0 Å². The Bertz CT molecular complexity index is 1920. The first kappa shape index (κ1) is 21.2. The number of para-hydroxylation sites is 2. The number of phenols is 2. The van der Waals surface area contributed by atoms with Crippen molar-refractivity contribution in [3.8, 4) is 33.8 Å². The minimum Gasteiger partial charge on any atom is -0.506 e. The lowest BCUT2D eigenvalue weighted by molar-refractivity contribution is 0.454. The van der Waals surface area contributed by atoms with Gasteiger partial charge in [0.2, 0.25) is 0 Å². The molecule has 0 radical (unpaired) electrons. The van der Waals surface area contributed by atoms with E-state index >= 15 is 0 Å². The van der Waals surface area contributed by atoms with E-state index < -0.39 is 0 Å². The molecule has 2 heterocycles. The largest absolute Gasteiger partial charge is 0.506 e. The topological polar surface area (TPSA) is 65.2 Å². The van der Waals surface area contributed by atoms with Gasteiger partial charge in [-0.1, -0.05) is 71.7 Å². The summed E-state index contributed by atoms with van der Waals surface area (Å²) in [5.74, 6) is -0.383. The van der Waals surface area contributed by atoms with Crippen molar-refractivity contribution >= 4 is 34.6 Å². The third-order valence-electron chi connectivity index (χ3n) is 6.77. The summed E-state index contributed by atoms with van der Waals surface area (Å²) in [4.78, 5) is 9.30. The zero-order chi connectivity index (χ0) is 24.6. The maximum Gasteiger partial charge on any atom is 0.144 e. The van der Waals surface area contributed by atoms with Crippen LogP contribution in [-0.4, -0.2) is 10.2 Å². The maximum atomic E-state index is 11.2. The molecule has 2 N–H and O–H groups in total. The molecule has 4 nitrogen and oxygen atoms in total. The molecule has 7 rings (SSSR count). The Kier molecular flexibility index (Phi) is 4.53. The Labute approximate surface area is 214 Å². The second-order valence-electron chi connectivity index (χ2n) is 8.80. The normalized spacial score (nSPS) is 14.3. The fourth-order valence-corrected chi connectivity index (χ4v) is 5.64. The fourth-order valence-electron chi connectivity index (χ4n) is 5.06. The van der Waals surface area contributed by atoms with Gasteiger partial charge in [-0.05, 0) is 46.8 Å². The third-order valence-corrected chi connectivity index (χ3v) is 7.51. The highest BCUT2D eigenvalue weighted by Crippen LogP contribution is 2.40. The van der Waals surface area contributed by atoms with Crippen LogP contribution in [0.3, 0.4) is 0 Å². The maximum absolute atomic E-state index is 11.2. The quantitative estimate of drug-likeness (QED) is 0.221. The van der Waals surface area contributed by atoms with Crippen molar-refractivity contribution < 1.29 is 10.2 Å². The van der Waals surface area contributed by atoms with Crippen LogP contribution in [0, 0.1) is 20.9 Å². The van der Waals surface area contributed by atoms with Crippen LogP contribution in [0.1, 0.15) is 0 Å². The number of hydrogen-bond donors (Lipinski definition) is 2. The van der Waals surface area contributed by atoms with Crippen LogP contribution in [0.15, 0.2) is 94.9 Å². The summed E-state index contributed by atoms with van der Waals surface area (Å²) in [5, 5.41) is 26.0. The fraction of sp³-hybridized carbons (Fsp3) is 0. The van der Waals surface area contributed by atoms with Gasteiger partial charge in [0, 0.05) is 32.7 Å². The number of halogens is 2. The Hall–Kier alpha value is -4.12. The van der Waals surface area contributed by atoms with Crippen molar-refractivity contribution in [2.45, 2.75) is 0 Å². The van der Waals surface area contributed by atoms with E-state index in [4.69, 9.17) is 23.2 Å². The Morgan fingerprint density at radius 2 is 0.917 bits per heavy atom. The molecule has 0 atom stereocenters. The van der Waals surface area contributed by atoms with E-state index in [1.165, 1.54) is 0 Å². The van der Waals surface area contributed by atoms with Crippen LogP contribution in [0.4, 0.5) is 11.4 Å². The number of benzene rings is 5. The van der Waals surface area contributed by atoms with E-state index in [1.807, 2.05) is 84.9 Å². The highest BCUT2D eigenvalue weighted by atomic mass is 35.5. The number of rotatable bonds is 0. The molecule has 0 bridgehead atoms. The Balaban J connectivity index is 1.56. The van der Waals surface area contributed by atoms with Gasteiger partial charge in [-0.3, -0.25) is 0 Å². The summed E-state index contributed by atoms with van der Waals surface area (Å²) in [6.45, 7) is 0. The van der Waals surface area contributed by atoms with E-state index in [2.05, 4.69) is 9.98 Å². The lowest BCUT2D eigenvalue weighted by atomic mass is 10.0. The number of fused-ring (bicyclic) bond motifs is 6. The van der Waals surface area contributed by atoms with E-state index in [0.717, 1.165) is 44.3 Å². The lowest BCUT2D eigenvalue weighted by Crippen LogP contribution is -2.00. The van der Waals surface area contributed by atoms with Crippen LogP contribution < -0.4 is 10.7 Å². The third kappa shape index (κ3) is 2.95. The summed E-state index contributed by atoms with van der Waals surface area (Å²) in [5.41, 5.74) is 5.64. The number of nitrogens with zero attached hydrogens (tertiary/aromatic N) is 2. The van der Waals surface area contributed by atoms with Crippen LogP contribution in [0.2, 0.25) is 10.0 Å². The van der Waals surface area contributed by atoms with E-state index in [-0.39, 0.29) is 32.0 Å². The smallest absolute Gasteiger partial charge is 0.144 e. The van der Waals surface area contributed by atoms with Gasteiger partial charge in [-0.15, -0.1) is 0 Å². The molecule has 0 aromatic heterocycles. The predicted molar refractivity (Wildman–Crippen MR) is 141 cm³/mol. The standard InChI is InChI=1S/C30H16Cl2N2O2/c31-27-25(15-9-11-23-19(13-15)17-5-1-3-7-21(17)33-23)29(35)28(32)26(30(27)36)16-10-12-24-20(14-16)18-6-2-4-8-22(18)34-24/h1-14,35-36H. The monoisotopic (exact) mass is 506 g/mol. The van der Waals surface area contributed by atoms with E-state index in [0.29, 0.717) is 10.4 Å². The van der Waals surface area contributed by atoms with Gasteiger partial charge in [-0.2, -0.15) is 0 Å². The zero-order valence-electron chi connectivity index (χ0n) is 18.6. The summed E-state index contributed by atoms with van der Waals surface area (Å²) in [6.07, 6.45) is 0. The molecule has 0 aliphatic carbocycles. The molecule has 2 aliphatic rings.